The van der Waals surface area contributed by atoms with Crippen LogP contribution in [0.5, 0.6) is 0 Å². The van der Waals surface area contributed by atoms with Crippen molar-refractivity contribution in [1.82, 2.24) is 4.90 Å². The topological polar surface area (TPSA) is 29.3 Å². The zero-order valence-corrected chi connectivity index (χ0v) is 10.9. The first-order chi connectivity index (χ1) is 8.16. The van der Waals surface area contributed by atoms with Crippen LogP contribution >= 0.6 is 11.8 Å². The Bertz CT molecular complexity index is 355. The summed E-state index contributed by atoms with van der Waals surface area (Å²) in [5.41, 5.74) is 7.37. The third-order valence-corrected chi connectivity index (χ3v) is 4.37. The molecule has 0 amide bonds. The minimum atomic E-state index is -0.187. The number of hydrogen-bond donors (Lipinski definition) is 1. The van der Waals surface area contributed by atoms with Gasteiger partial charge in [0.2, 0.25) is 0 Å². The lowest BCUT2D eigenvalue weighted by atomic mass is 10.0. The Balaban J connectivity index is 1.95. The first kappa shape index (κ1) is 12.9. The standard InChI is InChI=1S/C13H19FN2S/c1-16-6-7-17-9-13(16)12(15)8-10-2-4-11(14)5-3-10/h2-5,12-13H,6-9,15H2,1H3. The van der Waals surface area contributed by atoms with Crippen molar-refractivity contribution >= 4 is 11.8 Å². The highest BCUT2D eigenvalue weighted by Crippen LogP contribution is 2.18. The Morgan fingerprint density at radius 1 is 1.47 bits per heavy atom. The van der Waals surface area contributed by atoms with Crippen LogP contribution in [0.3, 0.4) is 0 Å². The van der Waals surface area contributed by atoms with E-state index in [0.717, 1.165) is 24.3 Å². The Hall–Kier alpha value is -0.580. The number of rotatable bonds is 3. The van der Waals surface area contributed by atoms with Crippen LogP contribution in [0.1, 0.15) is 5.56 Å². The molecular weight excluding hydrogens is 235 g/mol. The van der Waals surface area contributed by atoms with E-state index in [2.05, 4.69) is 11.9 Å². The number of halogens is 1. The van der Waals surface area contributed by atoms with Gasteiger partial charge in [0, 0.05) is 30.1 Å². The summed E-state index contributed by atoms with van der Waals surface area (Å²) >= 11 is 1.97. The molecule has 2 atom stereocenters. The minimum Gasteiger partial charge on any atom is -0.326 e. The van der Waals surface area contributed by atoms with Crippen LogP contribution in [-0.4, -0.2) is 42.1 Å². The Kier molecular flexibility index (Phi) is 4.42. The molecule has 2 rings (SSSR count). The minimum absolute atomic E-state index is 0.123. The van der Waals surface area contributed by atoms with Gasteiger partial charge in [0.15, 0.2) is 0 Å². The number of thioether (sulfide) groups is 1. The van der Waals surface area contributed by atoms with Gasteiger partial charge in [0.25, 0.3) is 0 Å². The van der Waals surface area contributed by atoms with Crippen molar-refractivity contribution in [1.29, 1.82) is 0 Å². The Labute approximate surface area is 106 Å². The number of benzene rings is 1. The van der Waals surface area contributed by atoms with Crippen LogP contribution in [0.4, 0.5) is 4.39 Å². The number of likely N-dealkylation sites (N-methyl/N-ethyl adjacent to an activating group) is 1. The average Bonchev–Trinajstić information content (AvgIpc) is 2.32. The van der Waals surface area contributed by atoms with Gasteiger partial charge in [0.1, 0.15) is 5.82 Å². The zero-order chi connectivity index (χ0) is 12.3. The molecule has 17 heavy (non-hydrogen) atoms. The third kappa shape index (κ3) is 3.44. The van der Waals surface area contributed by atoms with Crippen molar-refractivity contribution in [2.24, 2.45) is 5.73 Å². The Morgan fingerprint density at radius 2 is 2.18 bits per heavy atom. The summed E-state index contributed by atoms with van der Waals surface area (Å²) in [6.45, 7) is 1.10. The molecule has 4 heteroatoms. The molecule has 0 radical (unpaired) electrons. The molecule has 1 aliphatic rings. The quantitative estimate of drug-likeness (QED) is 0.891. The summed E-state index contributed by atoms with van der Waals surface area (Å²) in [6.07, 6.45) is 0.815. The molecular formula is C13H19FN2S. The van der Waals surface area contributed by atoms with E-state index in [1.165, 1.54) is 17.9 Å². The molecule has 94 valence electrons. The second kappa shape index (κ2) is 5.85. The Morgan fingerprint density at radius 3 is 2.82 bits per heavy atom. The molecule has 0 aliphatic carbocycles. The molecule has 1 aromatic carbocycles. The van der Waals surface area contributed by atoms with Gasteiger partial charge in [-0.25, -0.2) is 4.39 Å². The van der Waals surface area contributed by atoms with Crippen LogP contribution in [-0.2, 0) is 6.42 Å². The molecule has 2 N–H and O–H groups in total. The van der Waals surface area contributed by atoms with Gasteiger partial charge < -0.3 is 10.6 Å². The number of nitrogens with zero attached hydrogens (tertiary/aromatic N) is 1. The molecule has 0 saturated carbocycles. The number of nitrogens with two attached hydrogens (primary N) is 1. The summed E-state index contributed by atoms with van der Waals surface area (Å²) in [7, 11) is 2.13. The fraction of sp³-hybridized carbons (Fsp3) is 0.538. The maximum Gasteiger partial charge on any atom is 0.123 e. The van der Waals surface area contributed by atoms with Crippen LogP contribution < -0.4 is 5.73 Å². The van der Waals surface area contributed by atoms with E-state index >= 15 is 0 Å². The van der Waals surface area contributed by atoms with Gasteiger partial charge in [0.05, 0.1) is 0 Å². The van der Waals surface area contributed by atoms with E-state index < -0.39 is 0 Å². The van der Waals surface area contributed by atoms with Crippen LogP contribution in [0.25, 0.3) is 0 Å². The molecule has 0 bridgehead atoms. The van der Waals surface area contributed by atoms with Crippen LogP contribution in [0.2, 0.25) is 0 Å². The van der Waals surface area contributed by atoms with Crippen molar-refractivity contribution in [2.45, 2.75) is 18.5 Å². The van der Waals surface area contributed by atoms with Gasteiger partial charge in [-0.1, -0.05) is 12.1 Å². The maximum absolute atomic E-state index is 12.8. The van der Waals surface area contributed by atoms with Crippen molar-refractivity contribution in [2.75, 3.05) is 25.1 Å². The fourth-order valence-electron chi connectivity index (χ4n) is 2.18. The summed E-state index contributed by atoms with van der Waals surface area (Å²) in [6, 6.07) is 7.20. The second-order valence-electron chi connectivity index (χ2n) is 4.62. The fourth-order valence-corrected chi connectivity index (χ4v) is 3.51. The molecule has 1 saturated heterocycles. The van der Waals surface area contributed by atoms with E-state index in [1.807, 2.05) is 23.9 Å². The van der Waals surface area contributed by atoms with Crippen molar-refractivity contribution in [3.63, 3.8) is 0 Å². The van der Waals surface area contributed by atoms with Gasteiger partial charge in [-0.2, -0.15) is 11.8 Å². The molecule has 1 heterocycles. The van der Waals surface area contributed by atoms with Crippen molar-refractivity contribution in [3.05, 3.63) is 35.6 Å². The van der Waals surface area contributed by atoms with Gasteiger partial charge >= 0.3 is 0 Å². The second-order valence-corrected chi connectivity index (χ2v) is 5.77. The van der Waals surface area contributed by atoms with Gasteiger partial charge in [-0.3, -0.25) is 0 Å². The summed E-state index contributed by atoms with van der Waals surface area (Å²) in [5.74, 6) is 2.10. The van der Waals surface area contributed by atoms with Crippen molar-refractivity contribution < 1.29 is 4.39 Å². The molecule has 1 aliphatic heterocycles. The highest BCUT2D eigenvalue weighted by Gasteiger charge is 2.25. The highest BCUT2D eigenvalue weighted by molar-refractivity contribution is 7.99. The SMILES string of the molecule is CN1CCSCC1C(N)Cc1ccc(F)cc1. The van der Waals surface area contributed by atoms with Crippen LogP contribution in [0.15, 0.2) is 24.3 Å². The average molecular weight is 254 g/mol. The van der Waals surface area contributed by atoms with E-state index in [-0.39, 0.29) is 11.9 Å². The van der Waals surface area contributed by atoms with Gasteiger partial charge in [-0.15, -0.1) is 0 Å². The monoisotopic (exact) mass is 254 g/mol. The summed E-state index contributed by atoms with van der Waals surface area (Å²) in [5, 5.41) is 0. The number of hydrogen-bond acceptors (Lipinski definition) is 3. The van der Waals surface area contributed by atoms with E-state index in [4.69, 9.17) is 5.73 Å². The predicted molar refractivity (Wildman–Crippen MR) is 71.8 cm³/mol. The molecule has 0 aromatic heterocycles. The molecule has 0 spiro atoms. The van der Waals surface area contributed by atoms with Crippen LogP contribution in [0, 0.1) is 5.82 Å². The first-order valence-corrected chi connectivity index (χ1v) is 7.10. The third-order valence-electron chi connectivity index (χ3n) is 3.32. The largest absolute Gasteiger partial charge is 0.326 e. The van der Waals surface area contributed by atoms with Crippen molar-refractivity contribution in [3.8, 4) is 0 Å². The normalized spacial score (nSPS) is 23.6. The van der Waals surface area contributed by atoms with E-state index in [9.17, 15) is 4.39 Å². The van der Waals surface area contributed by atoms with E-state index in [1.54, 1.807) is 0 Å². The van der Waals surface area contributed by atoms with E-state index in [0.29, 0.717) is 6.04 Å². The summed E-state index contributed by atoms with van der Waals surface area (Å²) in [4.78, 5) is 2.34. The molecule has 2 unspecified atom stereocenters. The lowest BCUT2D eigenvalue weighted by Crippen LogP contribution is -2.51. The maximum atomic E-state index is 12.8. The summed E-state index contributed by atoms with van der Waals surface area (Å²) < 4.78 is 12.8. The zero-order valence-electron chi connectivity index (χ0n) is 10.1. The lowest BCUT2D eigenvalue weighted by Gasteiger charge is -2.36. The smallest absolute Gasteiger partial charge is 0.123 e. The molecule has 1 aromatic rings. The molecule has 2 nitrogen and oxygen atoms in total. The lowest BCUT2D eigenvalue weighted by molar-refractivity contribution is 0.235. The molecule has 1 fully saturated rings. The predicted octanol–water partition coefficient (Wildman–Crippen LogP) is 1.74. The highest BCUT2D eigenvalue weighted by atomic mass is 32.2. The first-order valence-electron chi connectivity index (χ1n) is 5.95. The van der Waals surface area contributed by atoms with Gasteiger partial charge in [-0.05, 0) is 31.2 Å².